The van der Waals surface area contributed by atoms with E-state index in [-0.39, 0.29) is 12.2 Å². The summed E-state index contributed by atoms with van der Waals surface area (Å²) in [7, 11) is 1.92. The van der Waals surface area contributed by atoms with Crippen molar-refractivity contribution in [2.24, 2.45) is 7.05 Å². The monoisotopic (exact) mass is 268 g/mol. The van der Waals surface area contributed by atoms with Crippen LogP contribution in [0.2, 0.25) is 0 Å². The predicted molar refractivity (Wildman–Crippen MR) is 68.5 cm³/mol. The molecule has 0 radical (unpaired) electrons. The number of nitrogens with zero attached hydrogens (tertiary/aromatic N) is 1. The average Bonchev–Trinajstić information content (AvgIpc) is 2.55. The molecule has 102 valence electrons. The highest BCUT2D eigenvalue weighted by Crippen LogP contribution is 2.22. The summed E-state index contributed by atoms with van der Waals surface area (Å²) < 4.78 is 41.7. The highest BCUT2D eigenvalue weighted by Gasteiger charge is 2.12. The van der Waals surface area contributed by atoms with Crippen LogP contribution in [0.1, 0.15) is 17.0 Å². The standard InChI is InChI=1S/C14H15F3N2/c1-8-4-10(9(2)19(8)3)7-18-14-12(16)5-11(15)6-13(14)17/h4-6,18H,7H2,1-3H3. The first-order valence-corrected chi connectivity index (χ1v) is 5.90. The summed E-state index contributed by atoms with van der Waals surface area (Å²) in [4.78, 5) is 0. The highest BCUT2D eigenvalue weighted by atomic mass is 19.1. The van der Waals surface area contributed by atoms with E-state index in [1.54, 1.807) is 0 Å². The van der Waals surface area contributed by atoms with Crippen molar-refractivity contribution in [3.8, 4) is 0 Å². The fourth-order valence-corrected chi connectivity index (χ4v) is 2.01. The Morgan fingerprint density at radius 3 is 2.11 bits per heavy atom. The van der Waals surface area contributed by atoms with E-state index in [1.165, 1.54) is 0 Å². The molecule has 1 aromatic carbocycles. The van der Waals surface area contributed by atoms with Crippen LogP contribution < -0.4 is 5.32 Å². The van der Waals surface area contributed by atoms with Crippen LogP contribution in [0.5, 0.6) is 0 Å². The van der Waals surface area contributed by atoms with E-state index in [9.17, 15) is 13.2 Å². The van der Waals surface area contributed by atoms with Gasteiger partial charge in [0.25, 0.3) is 0 Å². The molecule has 2 aromatic rings. The van der Waals surface area contributed by atoms with Crippen molar-refractivity contribution in [2.45, 2.75) is 20.4 Å². The SMILES string of the molecule is Cc1cc(CNc2c(F)cc(F)cc2F)c(C)n1C. The highest BCUT2D eigenvalue weighted by molar-refractivity contribution is 5.47. The first-order valence-electron chi connectivity index (χ1n) is 5.90. The summed E-state index contributed by atoms with van der Waals surface area (Å²) >= 11 is 0. The normalized spacial score (nSPS) is 10.8. The molecule has 0 spiro atoms. The topological polar surface area (TPSA) is 17.0 Å². The lowest BCUT2D eigenvalue weighted by Gasteiger charge is -2.09. The Kier molecular flexibility index (Phi) is 3.55. The number of rotatable bonds is 3. The molecular formula is C14H15F3N2. The summed E-state index contributed by atoms with van der Waals surface area (Å²) in [6.45, 7) is 4.17. The third kappa shape index (κ3) is 2.59. The van der Waals surface area contributed by atoms with Gasteiger partial charge in [0.2, 0.25) is 0 Å². The van der Waals surface area contributed by atoms with Gasteiger partial charge in [0.05, 0.1) is 0 Å². The van der Waals surface area contributed by atoms with Crippen molar-refractivity contribution in [1.29, 1.82) is 0 Å². The number of aryl methyl sites for hydroxylation is 1. The molecule has 0 unspecified atom stereocenters. The van der Waals surface area contributed by atoms with Crippen LogP contribution in [0, 0.1) is 31.3 Å². The van der Waals surface area contributed by atoms with Gasteiger partial charge in [-0.3, -0.25) is 0 Å². The van der Waals surface area contributed by atoms with Crippen molar-refractivity contribution >= 4 is 5.69 Å². The minimum Gasteiger partial charge on any atom is -0.376 e. The fraction of sp³-hybridized carbons (Fsp3) is 0.286. The summed E-state index contributed by atoms with van der Waals surface area (Å²) in [6, 6.07) is 3.27. The third-order valence-corrected chi connectivity index (χ3v) is 3.34. The van der Waals surface area contributed by atoms with Crippen LogP contribution in [-0.2, 0) is 13.6 Å². The van der Waals surface area contributed by atoms with Gasteiger partial charge in [-0.25, -0.2) is 13.2 Å². The van der Waals surface area contributed by atoms with Gasteiger partial charge >= 0.3 is 0 Å². The summed E-state index contributed by atoms with van der Waals surface area (Å²) in [5.41, 5.74) is 2.73. The third-order valence-electron chi connectivity index (χ3n) is 3.34. The Morgan fingerprint density at radius 1 is 1.05 bits per heavy atom. The zero-order valence-electron chi connectivity index (χ0n) is 11.0. The maximum absolute atomic E-state index is 13.5. The van der Waals surface area contributed by atoms with Gasteiger partial charge in [0.15, 0.2) is 11.6 Å². The molecule has 0 saturated heterocycles. The maximum atomic E-state index is 13.5. The van der Waals surface area contributed by atoms with Crippen LogP contribution in [0.3, 0.4) is 0 Å². The van der Waals surface area contributed by atoms with Crippen LogP contribution in [0.4, 0.5) is 18.9 Å². The molecule has 0 amide bonds. The Balaban J connectivity index is 2.21. The van der Waals surface area contributed by atoms with Gasteiger partial charge < -0.3 is 9.88 Å². The van der Waals surface area contributed by atoms with Crippen molar-refractivity contribution < 1.29 is 13.2 Å². The van der Waals surface area contributed by atoms with Gasteiger partial charge in [-0.1, -0.05) is 0 Å². The van der Waals surface area contributed by atoms with E-state index in [0.29, 0.717) is 12.1 Å². The molecule has 0 aliphatic carbocycles. The molecule has 2 nitrogen and oxygen atoms in total. The number of aromatic nitrogens is 1. The Labute approximate surface area is 109 Å². The Morgan fingerprint density at radius 2 is 1.63 bits per heavy atom. The molecule has 0 fully saturated rings. The van der Waals surface area contributed by atoms with E-state index < -0.39 is 17.5 Å². The molecule has 5 heteroatoms. The molecule has 1 aromatic heterocycles. The summed E-state index contributed by atoms with van der Waals surface area (Å²) in [6.07, 6.45) is 0. The first kappa shape index (κ1) is 13.5. The Bertz CT molecular complexity index is 594. The molecule has 19 heavy (non-hydrogen) atoms. The second kappa shape index (κ2) is 4.99. The van der Waals surface area contributed by atoms with E-state index in [2.05, 4.69) is 5.32 Å². The molecule has 0 aliphatic rings. The molecule has 0 bridgehead atoms. The Hall–Kier alpha value is -1.91. The number of anilines is 1. The number of nitrogens with one attached hydrogen (secondary N) is 1. The van der Waals surface area contributed by atoms with E-state index in [4.69, 9.17) is 0 Å². The molecule has 1 heterocycles. The summed E-state index contributed by atoms with van der Waals surface area (Å²) in [5, 5.41) is 2.68. The molecule has 2 rings (SSSR count). The number of hydrogen-bond acceptors (Lipinski definition) is 1. The predicted octanol–water partition coefficient (Wildman–Crippen LogP) is 3.67. The number of benzene rings is 1. The van der Waals surface area contributed by atoms with Crippen molar-refractivity contribution in [1.82, 2.24) is 4.57 Å². The minimum absolute atomic E-state index is 0.285. The van der Waals surface area contributed by atoms with E-state index in [1.807, 2.05) is 31.5 Å². The lowest BCUT2D eigenvalue weighted by atomic mass is 10.2. The van der Waals surface area contributed by atoms with E-state index in [0.717, 1.165) is 17.0 Å². The van der Waals surface area contributed by atoms with Crippen molar-refractivity contribution in [3.05, 3.63) is 52.6 Å². The number of halogens is 3. The lowest BCUT2D eigenvalue weighted by molar-refractivity contribution is 0.547. The van der Waals surface area contributed by atoms with Crippen LogP contribution in [-0.4, -0.2) is 4.57 Å². The molecule has 0 aliphatic heterocycles. The molecule has 0 saturated carbocycles. The lowest BCUT2D eigenvalue weighted by Crippen LogP contribution is -2.05. The second-order valence-electron chi connectivity index (χ2n) is 4.55. The number of hydrogen-bond donors (Lipinski definition) is 1. The van der Waals surface area contributed by atoms with Gasteiger partial charge in [-0.05, 0) is 25.5 Å². The van der Waals surface area contributed by atoms with Crippen LogP contribution in [0.15, 0.2) is 18.2 Å². The van der Waals surface area contributed by atoms with Crippen LogP contribution in [0.25, 0.3) is 0 Å². The summed E-state index contributed by atoms with van der Waals surface area (Å²) in [5.74, 6) is -2.78. The molecule has 1 N–H and O–H groups in total. The van der Waals surface area contributed by atoms with Gasteiger partial charge in [0.1, 0.15) is 11.5 Å². The van der Waals surface area contributed by atoms with Crippen molar-refractivity contribution in [3.63, 3.8) is 0 Å². The van der Waals surface area contributed by atoms with Crippen molar-refractivity contribution in [2.75, 3.05) is 5.32 Å². The molecular weight excluding hydrogens is 253 g/mol. The van der Waals surface area contributed by atoms with Gasteiger partial charge in [-0.15, -0.1) is 0 Å². The zero-order chi connectivity index (χ0) is 14.2. The zero-order valence-corrected chi connectivity index (χ0v) is 11.0. The second-order valence-corrected chi connectivity index (χ2v) is 4.55. The largest absolute Gasteiger partial charge is 0.376 e. The fourth-order valence-electron chi connectivity index (χ4n) is 2.01. The maximum Gasteiger partial charge on any atom is 0.152 e. The van der Waals surface area contributed by atoms with Crippen LogP contribution >= 0.6 is 0 Å². The smallest absolute Gasteiger partial charge is 0.152 e. The van der Waals surface area contributed by atoms with Gasteiger partial charge in [-0.2, -0.15) is 0 Å². The first-order chi connectivity index (χ1) is 8.90. The molecule has 0 atom stereocenters. The van der Waals surface area contributed by atoms with E-state index >= 15 is 0 Å². The quantitative estimate of drug-likeness (QED) is 0.898. The van der Waals surface area contributed by atoms with Gasteiger partial charge in [0, 0.05) is 37.1 Å². The minimum atomic E-state index is -0.928. The average molecular weight is 268 g/mol.